The molecule has 0 fully saturated rings. The summed E-state index contributed by atoms with van der Waals surface area (Å²) >= 11 is 0. The summed E-state index contributed by atoms with van der Waals surface area (Å²) < 4.78 is 56.3. The molecule has 34 heavy (non-hydrogen) atoms. The summed E-state index contributed by atoms with van der Waals surface area (Å²) in [6.45, 7) is 0.776. The third-order valence-electron chi connectivity index (χ3n) is 5.74. The van der Waals surface area contributed by atoms with Gasteiger partial charge in [0.15, 0.2) is 17.3 Å². The smallest absolute Gasteiger partial charge is 0.471 e. The zero-order valence-corrected chi connectivity index (χ0v) is 18.1. The predicted octanol–water partition coefficient (Wildman–Crippen LogP) is 2.48. The number of aromatic nitrogens is 4. The highest BCUT2D eigenvalue weighted by molar-refractivity contribution is 5.95. The first-order valence-corrected chi connectivity index (χ1v) is 10.2. The third kappa shape index (κ3) is 3.67. The molecule has 2 aliphatic heterocycles. The molecule has 1 amide bonds. The Kier molecular flexibility index (Phi) is 5.27. The minimum absolute atomic E-state index is 0.0420. The number of rotatable bonds is 4. The lowest BCUT2D eigenvalue weighted by Gasteiger charge is -2.34. The number of amides is 1. The minimum Gasteiger partial charge on any atom is -0.492 e. The molecule has 1 aromatic heterocycles. The Morgan fingerprint density at radius 1 is 1.26 bits per heavy atom. The van der Waals surface area contributed by atoms with Gasteiger partial charge in [-0.15, -0.1) is 5.10 Å². The Hall–Kier alpha value is -3.87. The van der Waals surface area contributed by atoms with Crippen LogP contribution in [0.15, 0.2) is 30.3 Å². The molecule has 3 aromatic rings. The standard InChI is InChI=1S/C21H19F3N6O4/c1-29-7-6-11-8-14-17(34-10-33-14)18(32-2)15(11)16(29)19-26-27-28-30(19)13-5-3-4-12(9-13)25-20(31)21(22,23)24/h3-5,8-9,16H,6-7,10H2,1-2H3,(H,25,31)/t16-/m0/s1. The second-order valence-corrected chi connectivity index (χ2v) is 7.80. The lowest BCUT2D eigenvalue weighted by atomic mass is 9.90. The molecule has 13 heteroatoms. The van der Waals surface area contributed by atoms with Crippen molar-refractivity contribution < 1.29 is 32.2 Å². The van der Waals surface area contributed by atoms with Crippen molar-refractivity contribution in [3.05, 3.63) is 47.3 Å². The quantitative estimate of drug-likeness (QED) is 0.613. The molecule has 5 rings (SSSR count). The number of likely N-dealkylation sites (N-methyl/N-ethyl adjacent to an activating group) is 1. The number of methoxy groups -OCH3 is 1. The SMILES string of the molecule is COc1c2c(cc3c1[C@@H](c1nnnn1-c1cccc(NC(=O)C(F)(F)F)c1)N(C)CC3)OCO2. The summed E-state index contributed by atoms with van der Waals surface area (Å²) in [5, 5.41) is 14.0. The van der Waals surface area contributed by atoms with Crippen LogP contribution in [-0.2, 0) is 11.2 Å². The summed E-state index contributed by atoms with van der Waals surface area (Å²) in [5.41, 5.74) is 2.14. The maximum absolute atomic E-state index is 12.7. The van der Waals surface area contributed by atoms with Crippen molar-refractivity contribution in [3.63, 3.8) is 0 Å². The molecule has 2 aliphatic rings. The van der Waals surface area contributed by atoms with E-state index in [2.05, 4.69) is 15.5 Å². The number of carbonyl (C=O) groups excluding carboxylic acids is 1. The van der Waals surface area contributed by atoms with Gasteiger partial charge in [0, 0.05) is 17.8 Å². The van der Waals surface area contributed by atoms with Crippen LogP contribution in [0, 0.1) is 0 Å². The number of nitrogens with one attached hydrogen (secondary N) is 1. The van der Waals surface area contributed by atoms with Gasteiger partial charge in [-0.3, -0.25) is 9.69 Å². The Morgan fingerprint density at radius 3 is 2.85 bits per heavy atom. The van der Waals surface area contributed by atoms with Crippen LogP contribution in [0.5, 0.6) is 17.2 Å². The zero-order valence-electron chi connectivity index (χ0n) is 18.1. The van der Waals surface area contributed by atoms with Crippen LogP contribution in [0.25, 0.3) is 5.69 Å². The summed E-state index contributed by atoms with van der Waals surface area (Å²) in [6.07, 6.45) is -4.27. The van der Waals surface area contributed by atoms with Gasteiger partial charge < -0.3 is 19.5 Å². The third-order valence-corrected chi connectivity index (χ3v) is 5.74. The second kappa shape index (κ2) is 8.17. The van der Waals surface area contributed by atoms with E-state index in [4.69, 9.17) is 14.2 Å². The first-order valence-electron chi connectivity index (χ1n) is 10.2. The van der Waals surface area contributed by atoms with Crippen LogP contribution < -0.4 is 19.5 Å². The van der Waals surface area contributed by atoms with E-state index in [9.17, 15) is 18.0 Å². The summed E-state index contributed by atoms with van der Waals surface area (Å²) in [5.74, 6) is -0.0328. The van der Waals surface area contributed by atoms with Crippen LogP contribution in [0.2, 0.25) is 0 Å². The number of tetrazole rings is 1. The van der Waals surface area contributed by atoms with Crippen LogP contribution in [0.3, 0.4) is 0 Å². The van der Waals surface area contributed by atoms with Gasteiger partial charge >= 0.3 is 12.1 Å². The molecule has 1 N–H and O–H groups in total. The van der Waals surface area contributed by atoms with Crippen molar-refractivity contribution in [2.24, 2.45) is 0 Å². The Morgan fingerprint density at radius 2 is 2.09 bits per heavy atom. The van der Waals surface area contributed by atoms with Crippen LogP contribution in [0.4, 0.5) is 18.9 Å². The van der Waals surface area contributed by atoms with E-state index in [1.165, 1.54) is 22.9 Å². The number of fused-ring (bicyclic) bond motifs is 2. The maximum Gasteiger partial charge on any atom is 0.471 e. The fourth-order valence-corrected chi connectivity index (χ4v) is 4.22. The number of anilines is 1. The van der Waals surface area contributed by atoms with E-state index in [-0.39, 0.29) is 12.5 Å². The topological polar surface area (TPSA) is 104 Å². The maximum atomic E-state index is 12.7. The van der Waals surface area contributed by atoms with Crippen LogP contribution in [0.1, 0.15) is 23.0 Å². The Labute approximate surface area is 191 Å². The van der Waals surface area contributed by atoms with Gasteiger partial charge in [0.25, 0.3) is 0 Å². The van der Waals surface area contributed by atoms with Gasteiger partial charge in [0.2, 0.25) is 12.5 Å². The number of hydrogen-bond donors (Lipinski definition) is 1. The predicted molar refractivity (Wildman–Crippen MR) is 111 cm³/mol. The summed E-state index contributed by atoms with van der Waals surface area (Å²) in [6, 6.07) is 7.32. The molecule has 0 saturated heterocycles. The van der Waals surface area contributed by atoms with Crippen LogP contribution in [-0.4, -0.2) is 64.7 Å². The largest absolute Gasteiger partial charge is 0.492 e. The molecule has 0 saturated carbocycles. The van der Waals surface area contributed by atoms with E-state index in [1.54, 1.807) is 13.2 Å². The molecule has 3 heterocycles. The highest BCUT2D eigenvalue weighted by atomic mass is 19.4. The average molecular weight is 476 g/mol. The number of alkyl halides is 3. The summed E-state index contributed by atoms with van der Waals surface area (Å²) in [4.78, 5) is 13.4. The summed E-state index contributed by atoms with van der Waals surface area (Å²) in [7, 11) is 3.45. The average Bonchev–Trinajstić information content (AvgIpc) is 3.47. The first kappa shape index (κ1) is 21.9. The van der Waals surface area contributed by atoms with Crippen molar-refractivity contribution in [2.45, 2.75) is 18.6 Å². The lowest BCUT2D eigenvalue weighted by Crippen LogP contribution is -2.35. The van der Waals surface area contributed by atoms with E-state index >= 15 is 0 Å². The van der Waals surface area contributed by atoms with Gasteiger partial charge in [-0.1, -0.05) is 6.07 Å². The highest BCUT2D eigenvalue weighted by Crippen LogP contribution is 2.50. The molecule has 0 bridgehead atoms. The normalized spacial score (nSPS) is 17.4. The van der Waals surface area contributed by atoms with Crippen molar-refractivity contribution in [1.29, 1.82) is 0 Å². The fourth-order valence-electron chi connectivity index (χ4n) is 4.22. The van der Waals surface area contributed by atoms with Gasteiger partial charge in [-0.2, -0.15) is 17.9 Å². The van der Waals surface area contributed by atoms with Crippen molar-refractivity contribution >= 4 is 11.6 Å². The molecule has 178 valence electrons. The molecule has 0 aliphatic carbocycles. The zero-order chi connectivity index (χ0) is 24.0. The number of hydrogen-bond acceptors (Lipinski definition) is 8. The van der Waals surface area contributed by atoms with Gasteiger partial charge in [0.1, 0.15) is 6.04 Å². The Balaban J connectivity index is 1.58. The molecule has 0 radical (unpaired) electrons. The van der Waals surface area contributed by atoms with Gasteiger partial charge in [-0.25, -0.2) is 0 Å². The highest BCUT2D eigenvalue weighted by Gasteiger charge is 2.39. The molecule has 2 aromatic carbocycles. The molecule has 0 spiro atoms. The van der Waals surface area contributed by atoms with Crippen LogP contribution >= 0.6 is 0 Å². The van der Waals surface area contributed by atoms with Crippen molar-refractivity contribution in [2.75, 3.05) is 32.8 Å². The number of ether oxygens (including phenoxy) is 3. The minimum atomic E-state index is -5.01. The molecule has 1 atom stereocenters. The lowest BCUT2D eigenvalue weighted by molar-refractivity contribution is -0.167. The van der Waals surface area contributed by atoms with E-state index in [0.29, 0.717) is 35.3 Å². The van der Waals surface area contributed by atoms with Gasteiger partial charge in [0.05, 0.1) is 12.8 Å². The molecular weight excluding hydrogens is 457 g/mol. The number of nitrogens with zero attached hydrogens (tertiary/aromatic N) is 5. The fraction of sp³-hybridized carbons (Fsp3) is 0.333. The monoisotopic (exact) mass is 476 g/mol. The van der Waals surface area contributed by atoms with Gasteiger partial charge in [-0.05, 0) is 53.7 Å². The first-order chi connectivity index (χ1) is 16.3. The number of halogens is 3. The number of benzene rings is 2. The van der Waals surface area contributed by atoms with Crippen molar-refractivity contribution in [1.82, 2.24) is 25.1 Å². The van der Waals surface area contributed by atoms with E-state index in [1.807, 2.05) is 23.3 Å². The van der Waals surface area contributed by atoms with Crippen molar-refractivity contribution in [3.8, 4) is 22.9 Å². The molecule has 10 nitrogen and oxygen atoms in total. The number of carbonyl (C=O) groups is 1. The second-order valence-electron chi connectivity index (χ2n) is 7.80. The Bertz CT molecular complexity index is 1260. The molecule has 0 unspecified atom stereocenters. The molecular formula is C21H19F3N6O4. The van der Waals surface area contributed by atoms with E-state index in [0.717, 1.165) is 17.5 Å². The van der Waals surface area contributed by atoms with E-state index < -0.39 is 18.1 Å².